The predicted molar refractivity (Wildman–Crippen MR) is 63.8 cm³/mol. The molecule has 0 atom stereocenters. The third kappa shape index (κ3) is 6.95. The highest BCUT2D eigenvalue weighted by Gasteiger charge is 2.22. The van der Waals surface area contributed by atoms with Crippen LogP contribution in [0.3, 0.4) is 0 Å². The van der Waals surface area contributed by atoms with Crippen LogP contribution in [0.2, 0.25) is 0 Å². The lowest BCUT2D eigenvalue weighted by molar-refractivity contribution is -0.144. The van der Waals surface area contributed by atoms with Crippen molar-refractivity contribution in [1.29, 1.82) is 0 Å². The molecule has 0 aliphatic rings. The summed E-state index contributed by atoms with van der Waals surface area (Å²) in [5, 5.41) is 8.86. The van der Waals surface area contributed by atoms with E-state index in [1.807, 2.05) is 6.08 Å². The van der Waals surface area contributed by atoms with Gasteiger partial charge in [0, 0.05) is 0 Å². The van der Waals surface area contributed by atoms with Gasteiger partial charge in [-0.2, -0.15) is 0 Å². The van der Waals surface area contributed by atoms with E-state index in [4.69, 9.17) is 5.11 Å². The van der Waals surface area contributed by atoms with Gasteiger partial charge in [-0.15, -0.1) is 0 Å². The highest BCUT2D eigenvalue weighted by atomic mass is 16.4. The van der Waals surface area contributed by atoms with E-state index < -0.39 is 11.4 Å². The summed E-state index contributed by atoms with van der Waals surface area (Å²) in [7, 11) is 0. The van der Waals surface area contributed by atoms with Gasteiger partial charge in [0.1, 0.15) is 0 Å². The summed E-state index contributed by atoms with van der Waals surface area (Å²) in [6.07, 6.45) is 8.62. The minimum absolute atomic E-state index is 0.191. The molecule has 0 aliphatic heterocycles. The van der Waals surface area contributed by atoms with Crippen LogP contribution in [0.15, 0.2) is 24.3 Å². The molecule has 15 heavy (non-hydrogen) atoms. The number of allylic oxidation sites excluding steroid dienone is 3. The zero-order valence-corrected chi connectivity index (χ0v) is 10.4. The molecule has 86 valence electrons. The summed E-state index contributed by atoms with van der Waals surface area (Å²) < 4.78 is 0. The topological polar surface area (TPSA) is 37.3 Å². The average molecular weight is 210 g/mol. The van der Waals surface area contributed by atoms with Gasteiger partial charge in [0.2, 0.25) is 0 Å². The van der Waals surface area contributed by atoms with E-state index >= 15 is 0 Å². The van der Waals surface area contributed by atoms with Crippen LogP contribution in [0.5, 0.6) is 0 Å². The maximum atomic E-state index is 10.8. The number of hydrogen-bond acceptors (Lipinski definition) is 1. The van der Waals surface area contributed by atoms with Gasteiger partial charge in [-0.05, 0) is 25.7 Å². The molecule has 0 aliphatic carbocycles. The maximum Gasteiger partial charge on any atom is 0.312 e. The van der Waals surface area contributed by atoms with Crippen LogP contribution < -0.4 is 0 Å². The van der Waals surface area contributed by atoms with Gasteiger partial charge < -0.3 is 5.11 Å². The second-order valence-corrected chi connectivity index (χ2v) is 5.43. The van der Waals surface area contributed by atoms with Crippen molar-refractivity contribution in [3.8, 4) is 0 Å². The van der Waals surface area contributed by atoms with Crippen molar-refractivity contribution in [1.82, 2.24) is 0 Å². The van der Waals surface area contributed by atoms with Crippen molar-refractivity contribution in [2.45, 2.75) is 41.0 Å². The smallest absolute Gasteiger partial charge is 0.312 e. The molecule has 2 heteroatoms. The molecule has 2 nitrogen and oxygen atoms in total. The zero-order chi connectivity index (χ0) is 12.1. The van der Waals surface area contributed by atoms with Gasteiger partial charge in [0.05, 0.1) is 5.41 Å². The molecule has 0 spiro atoms. The van der Waals surface area contributed by atoms with Gasteiger partial charge in [-0.1, -0.05) is 45.1 Å². The Morgan fingerprint density at radius 2 is 1.53 bits per heavy atom. The first-order valence-corrected chi connectivity index (χ1v) is 5.24. The third-order valence-corrected chi connectivity index (χ3v) is 1.98. The fourth-order valence-corrected chi connectivity index (χ4v) is 0.934. The number of aliphatic carboxylic acids is 1. The molecule has 0 saturated heterocycles. The summed E-state index contributed by atoms with van der Waals surface area (Å²) in [6, 6.07) is 0. The summed E-state index contributed by atoms with van der Waals surface area (Å²) in [5.41, 5.74) is -0.578. The van der Waals surface area contributed by atoms with Crippen molar-refractivity contribution in [3.63, 3.8) is 0 Å². The lowest BCUT2D eigenvalue weighted by atomic mass is 9.92. The van der Waals surface area contributed by atoms with Gasteiger partial charge in [0.25, 0.3) is 0 Å². The molecule has 0 bridgehead atoms. The Bertz CT molecular complexity index is 265. The highest BCUT2D eigenvalue weighted by Crippen LogP contribution is 2.18. The first-order valence-electron chi connectivity index (χ1n) is 5.24. The van der Waals surface area contributed by atoms with E-state index in [0.717, 1.165) is 6.42 Å². The molecule has 0 amide bonds. The Hall–Kier alpha value is -1.05. The number of carbonyl (C=O) groups is 1. The Morgan fingerprint density at radius 1 is 1.07 bits per heavy atom. The zero-order valence-electron chi connectivity index (χ0n) is 10.4. The molecule has 1 N–H and O–H groups in total. The van der Waals surface area contributed by atoms with Gasteiger partial charge in [-0.25, -0.2) is 0 Å². The summed E-state index contributed by atoms with van der Waals surface area (Å²) >= 11 is 0. The molecule has 0 heterocycles. The number of rotatable bonds is 4. The van der Waals surface area contributed by atoms with Crippen molar-refractivity contribution >= 4 is 5.97 Å². The molecule has 0 saturated carbocycles. The average Bonchev–Trinajstić information content (AvgIpc) is 2.00. The molecule has 0 aromatic heterocycles. The SMILES string of the molecule is CC(C)(C)/C=C\C/C=C\C(C)(C)C(=O)O. The minimum Gasteiger partial charge on any atom is -0.481 e. The van der Waals surface area contributed by atoms with Crippen molar-refractivity contribution < 1.29 is 9.90 Å². The molecule has 0 aromatic rings. The summed E-state index contributed by atoms with van der Waals surface area (Å²) in [4.78, 5) is 10.8. The van der Waals surface area contributed by atoms with Crippen LogP contribution in [0.1, 0.15) is 41.0 Å². The summed E-state index contributed by atoms with van der Waals surface area (Å²) in [6.45, 7) is 9.79. The lowest BCUT2D eigenvalue weighted by Crippen LogP contribution is -2.20. The van der Waals surface area contributed by atoms with Crippen LogP contribution in [0, 0.1) is 10.8 Å². The van der Waals surface area contributed by atoms with Crippen molar-refractivity contribution in [3.05, 3.63) is 24.3 Å². The summed E-state index contributed by atoms with van der Waals surface area (Å²) in [5.74, 6) is -0.793. The second-order valence-electron chi connectivity index (χ2n) is 5.43. The Balaban J connectivity index is 4.13. The van der Waals surface area contributed by atoms with Crippen LogP contribution in [0.4, 0.5) is 0 Å². The van der Waals surface area contributed by atoms with Gasteiger partial charge in [0.15, 0.2) is 0 Å². The molecular formula is C13H22O2. The minimum atomic E-state index is -0.793. The standard InChI is InChI=1S/C13H22O2/c1-12(2,3)9-7-6-8-10-13(4,5)11(14)15/h7-10H,6H2,1-5H3,(H,14,15)/b9-7-,10-8-. The number of hydrogen-bond donors (Lipinski definition) is 1. The number of carboxylic acid groups (broad SMARTS) is 1. The fourth-order valence-electron chi connectivity index (χ4n) is 0.934. The first kappa shape index (κ1) is 13.9. The van der Waals surface area contributed by atoms with E-state index in [0.29, 0.717) is 0 Å². The molecular weight excluding hydrogens is 188 g/mol. The highest BCUT2D eigenvalue weighted by molar-refractivity contribution is 5.75. The van der Waals surface area contributed by atoms with Gasteiger partial charge in [-0.3, -0.25) is 4.79 Å². The quantitative estimate of drug-likeness (QED) is 0.719. The second kappa shape index (κ2) is 5.15. The predicted octanol–water partition coefficient (Wildman–Crippen LogP) is 3.65. The Morgan fingerprint density at radius 3 is 1.93 bits per heavy atom. The van der Waals surface area contributed by atoms with Crippen LogP contribution >= 0.6 is 0 Å². The van der Waals surface area contributed by atoms with Crippen LogP contribution in [0.25, 0.3) is 0 Å². The third-order valence-electron chi connectivity index (χ3n) is 1.98. The van der Waals surface area contributed by atoms with E-state index in [9.17, 15) is 4.79 Å². The van der Waals surface area contributed by atoms with Crippen LogP contribution in [-0.2, 0) is 4.79 Å². The molecule has 0 aromatic carbocycles. The van der Waals surface area contributed by atoms with E-state index in [1.165, 1.54) is 0 Å². The molecule has 0 fully saturated rings. The van der Waals surface area contributed by atoms with Gasteiger partial charge >= 0.3 is 5.97 Å². The Kier molecular flexibility index (Phi) is 4.79. The molecule has 0 radical (unpaired) electrons. The number of carboxylic acids is 1. The molecule has 0 unspecified atom stereocenters. The molecule has 0 rings (SSSR count). The maximum absolute atomic E-state index is 10.8. The lowest BCUT2D eigenvalue weighted by Gasteiger charge is -2.13. The van der Waals surface area contributed by atoms with Crippen LogP contribution in [-0.4, -0.2) is 11.1 Å². The van der Waals surface area contributed by atoms with E-state index in [-0.39, 0.29) is 5.41 Å². The Labute approximate surface area is 92.7 Å². The van der Waals surface area contributed by atoms with E-state index in [2.05, 4.69) is 32.9 Å². The van der Waals surface area contributed by atoms with Crippen molar-refractivity contribution in [2.24, 2.45) is 10.8 Å². The van der Waals surface area contributed by atoms with Crippen molar-refractivity contribution in [2.75, 3.05) is 0 Å². The normalized spacial score (nSPS) is 13.9. The first-order chi connectivity index (χ1) is 6.65. The van der Waals surface area contributed by atoms with E-state index in [1.54, 1.807) is 19.9 Å². The fraction of sp³-hybridized carbons (Fsp3) is 0.615. The largest absolute Gasteiger partial charge is 0.481 e. The monoisotopic (exact) mass is 210 g/mol.